The van der Waals surface area contributed by atoms with E-state index >= 15 is 0 Å². The molecule has 1 aromatic rings. The van der Waals surface area contributed by atoms with Gasteiger partial charge in [-0.3, -0.25) is 4.79 Å². The van der Waals surface area contributed by atoms with Gasteiger partial charge < -0.3 is 5.32 Å². The summed E-state index contributed by atoms with van der Waals surface area (Å²) in [6.07, 6.45) is 0. The molecule has 0 saturated heterocycles. The third-order valence-electron chi connectivity index (χ3n) is 1.09. The van der Waals surface area contributed by atoms with Crippen LogP contribution in [0.25, 0.3) is 0 Å². The number of nitrogens with one attached hydrogen (secondary N) is 1. The number of carbonyl (C=O) groups excluding carboxylic acids is 1. The topological polar surface area (TPSA) is 107 Å². The van der Waals surface area contributed by atoms with Gasteiger partial charge in [0.05, 0.1) is 0 Å². The third kappa shape index (κ3) is 12.9. The van der Waals surface area contributed by atoms with Gasteiger partial charge >= 0.3 is 30.5 Å². The van der Waals surface area contributed by atoms with E-state index in [-0.39, 0.29) is 5.91 Å². The van der Waals surface area contributed by atoms with Crippen molar-refractivity contribution in [2.45, 2.75) is 6.92 Å². The van der Waals surface area contributed by atoms with E-state index in [4.69, 9.17) is 16.0 Å². The fourth-order valence-electron chi connectivity index (χ4n) is 0.725. The van der Waals surface area contributed by atoms with Crippen molar-refractivity contribution in [3.63, 3.8) is 0 Å². The molecule has 0 unspecified atom stereocenters. The van der Waals surface area contributed by atoms with Crippen molar-refractivity contribution >= 4 is 26.1 Å². The average Bonchev–Trinajstić information content (AvgIpc) is 2.01. The Hall–Kier alpha value is -1.07. The van der Waals surface area contributed by atoms with E-state index < -0.39 is 14.5 Å². The predicted octanol–water partition coefficient (Wildman–Crippen LogP) is -0.526. The first kappa shape index (κ1) is 13.9. The first-order valence-corrected chi connectivity index (χ1v) is 7.18. The zero-order valence-electron chi connectivity index (χ0n) is 7.99. The molecule has 1 rings (SSSR count). The summed E-state index contributed by atoms with van der Waals surface area (Å²) in [5, 5.41) is 2.67. The second kappa shape index (κ2) is 6.42. The zero-order valence-corrected chi connectivity index (χ0v) is 9.87. The van der Waals surface area contributed by atoms with E-state index in [1.54, 1.807) is 0 Å². The summed E-state index contributed by atoms with van der Waals surface area (Å²) in [5.74, 6) is -0.0359. The number of benzene rings is 1. The zero-order chi connectivity index (χ0) is 11.9. The van der Waals surface area contributed by atoms with Crippen LogP contribution >= 0.6 is 0 Å². The number of para-hydroxylation sites is 1. The van der Waals surface area contributed by atoms with Crippen LogP contribution in [0, 0.1) is 0 Å². The quantitative estimate of drug-likeness (QED) is 0.516. The van der Waals surface area contributed by atoms with Gasteiger partial charge in [-0.1, -0.05) is 18.2 Å². The van der Waals surface area contributed by atoms with Crippen molar-refractivity contribution in [2.24, 2.45) is 0 Å². The molecule has 0 radical (unpaired) electrons. The summed E-state index contributed by atoms with van der Waals surface area (Å²) in [6, 6.07) is 9.37. The molecule has 4 N–H and O–H groups in total. The Kier molecular flexibility index (Phi) is 5.96. The fraction of sp³-hybridized carbons (Fsp3) is 0.125. The van der Waals surface area contributed by atoms with Gasteiger partial charge in [-0.25, -0.2) is 0 Å². The molecule has 0 saturated carbocycles. The molecule has 0 aliphatic rings. The Balaban J connectivity index is 0.000000336. The van der Waals surface area contributed by atoms with Crippen LogP contribution in [-0.4, -0.2) is 32.7 Å². The molecular formula is C8H12AsNO5. The van der Waals surface area contributed by atoms with Gasteiger partial charge in [-0.05, 0) is 12.1 Å². The molecule has 0 heterocycles. The number of carbonyl (C=O) groups is 1. The average molecular weight is 277 g/mol. The summed E-state index contributed by atoms with van der Waals surface area (Å²) in [4.78, 5) is 10.5. The van der Waals surface area contributed by atoms with E-state index in [2.05, 4.69) is 5.32 Å². The molecular weight excluding hydrogens is 265 g/mol. The Morgan fingerprint density at radius 2 is 1.60 bits per heavy atom. The molecule has 0 bridgehead atoms. The maximum atomic E-state index is 10.5. The molecule has 1 aromatic carbocycles. The number of amides is 1. The molecule has 0 aliphatic heterocycles. The Labute approximate surface area is 89.9 Å². The van der Waals surface area contributed by atoms with Crippen LogP contribution < -0.4 is 5.32 Å². The summed E-state index contributed by atoms with van der Waals surface area (Å²) < 4.78 is 30.7. The minimum absolute atomic E-state index is 0.0359. The monoisotopic (exact) mass is 277 g/mol. The third-order valence-corrected chi connectivity index (χ3v) is 1.09. The van der Waals surface area contributed by atoms with E-state index in [1.807, 2.05) is 30.3 Å². The molecule has 6 nitrogen and oxygen atoms in total. The molecule has 0 atom stereocenters. The predicted molar refractivity (Wildman–Crippen MR) is 53.8 cm³/mol. The second-order valence-corrected chi connectivity index (χ2v) is 4.71. The van der Waals surface area contributed by atoms with E-state index in [9.17, 15) is 4.79 Å². The maximum absolute atomic E-state index is 10.5. The van der Waals surface area contributed by atoms with Crippen molar-refractivity contribution < 1.29 is 20.8 Å². The fourth-order valence-corrected chi connectivity index (χ4v) is 0.725. The van der Waals surface area contributed by atoms with Crippen LogP contribution in [0.2, 0.25) is 0 Å². The molecule has 15 heavy (non-hydrogen) atoms. The summed E-state index contributed by atoms with van der Waals surface area (Å²) in [6.45, 7) is 1.49. The number of hydrogen-bond donors (Lipinski definition) is 4. The number of hydrogen-bond acceptors (Lipinski definition) is 2. The van der Waals surface area contributed by atoms with E-state index in [0.717, 1.165) is 5.69 Å². The first-order chi connectivity index (χ1) is 6.79. The molecule has 84 valence electrons. The van der Waals surface area contributed by atoms with Crippen LogP contribution in [0.1, 0.15) is 6.92 Å². The second-order valence-electron chi connectivity index (χ2n) is 2.56. The van der Waals surface area contributed by atoms with Gasteiger partial charge in [-0.2, -0.15) is 0 Å². The summed E-state index contributed by atoms with van der Waals surface area (Å²) in [5.41, 5.74) is 0.843. The Morgan fingerprint density at radius 3 is 1.93 bits per heavy atom. The van der Waals surface area contributed by atoms with Gasteiger partial charge in [0.25, 0.3) is 0 Å². The van der Waals surface area contributed by atoms with Crippen molar-refractivity contribution in [1.29, 1.82) is 0 Å². The minimum atomic E-state index is -5.12. The molecule has 0 aliphatic carbocycles. The van der Waals surface area contributed by atoms with E-state index in [0.29, 0.717) is 0 Å². The van der Waals surface area contributed by atoms with Crippen molar-refractivity contribution in [2.75, 3.05) is 5.32 Å². The van der Waals surface area contributed by atoms with Crippen LogP contribution in [0.15, 0.2) is 30.3 Å². The van der Waals surface area contributed by atoms with Gasteiger partial charge in [0.2, 0.25) is 5.91 Å². The van der Waals surface area contributed by atoms with Crippen LogP contribution in [0.5, 0.6) is 0 Å². The Bertz CT molecular complexity index is 339. The molecule has 1 amide bonds. The molecule has 0 spiro atoms. The molecule has 7 heteroatoms. The molecule has 0 aromatic heterocycles. The van der Waals surface area contributed by atoms with E-state index in [1.165, 1.54) is 6.92 Å². The normalized spacial score (nSPS) is 9.87. The van der Waals surface area contributed by atoms with Gasteiger partial charge in [0, 0.05) is 12.6 Å². The summed E-state index contributed by atoms with van der Waals surface area (Å²) in [7, 11) is 0. The SMILES string of the molecule is CC(=O)Nc1ccccc1.O=[As](O)(O)O. The van der Waals surface area contributed by atoms with Crippen molar-refractivity contribution in [3.8, 4) is 0 Å². The van der Waals surface area contributed by atoms with Crippen molar-refractivity contribution in [1.82, 2.24) is 0 Å². The standard InChI is InChI=1S/C8H9NO.AsH3O4/c1-7(10)9-8-5-3-2-4-6-8;2-1(3,4)5/h2-6H,1H3,(H,9,10);(H3,2,3,4,5). The number of anilines is 1. The Morgan fingerprint density at radius 1 is 1.20 bits per heavy atom. The first-order valence-electron chi connectivity index (χ1n) is 3.90. The van der Waals surface area contributed by atoms with Crippen LogP contribution in [-0.2, 0) is 8.53 Å². The van der Waals surface area contributed by atoms with Gasteiger partial charge in [0.15, 0.2) is 0 Å². The molecule has 0 fully saturated rings. The van der Waals surface area contributed by atoms with Crippen LogP contribution in [0.3, 0.4) is 0 Å². The van der Waals surface area contributed by atoms with Gasteiger partial charge in [0.1, 0.15) is 0 Å². The summed E-state index contributed by atoms with van der Waals surface area (Å²) >= 11 is -5.12. The number of rotatable bonds is 1. The van der Waals surface area contributed by atoms with Crippen LogP contribution in [0.4, 0.5) is 5.69 Å². The van der Waals surface area contributed by atoms with Crippen molar-refractivity contribution in [3.05, 3.63) is 30.3 Å². The van der Waals surface area contributed by atoms with Gasteiger partial charge in [-0.15, -0.1) is 0 Å².